The molecule has 0 radical (unpaired) electrons. The number of aliphatic hydroxyl groups is 2. The summed E-state index contributed by atoms with van der Waals surface area (Å²) in [5, 5.41) is 23.9. The van der Waals surface area contributed by atoms with Crippen LogP contribution < -0.4 is 10.1 Å². The van der Waals surface area contributed by atoms with E-state index >= 15 is 0 Å². The largest absolute Gasteiger partial charge is 0.484 e. The third kappa shape index (κ3) is 3.81. The van der Waals surface area contributed by atoms with Gasteiger partial charge in [0.2, 0.25) is 0 Å². The van der Waals surface area contributed by atoms with E-state index in [4.69, 9.17) is 9.84 Å². The number of fused-ring (bicyclic) bond motifs is 1. The molecule has 0 heterocycles. The summed E-state index contributed by atoms with van der Waals surface area (Å²) in [6.07, 6.45) is 0.526. The lowest BCUT2D eigenvalue weighted by Crippen LogP contribution is -2.36. The van der Waals surface area contributed by atoms with Crippen LogP contribution in [0, 0.1) is 5.92 Å². The van der Waals surface area contributed by atoms with E-state index < -0.39 is 6.10 Å². The fraction of sp³-hybridized carbons (Fsp3) is 0.389. The summed E-state index contributed by atoms with van der Waals surface area (Å²) < 4.78 is 5.54. The Morgan fingerprint density at radius 3 is 2.70 bits per heavy atom. The van der Waals surface area contributed by atoms with Crippen LogP contribution in [0.2, 0.25) is 0 Å². The number of nitrogens with one attached hydrogen (secondary N) is 1. The van der Waals surface area contributed by atoms with Crippen LogP contribution in [0.3, 0.4) is 0 Å². The maximum Gasteiger partial charge on any atom is 0.258 e. The van der Waals surface area contributed by atoms with Crippen LogP contribution in [-0.4, -0.2) is 41.5 Å². The monoisotopic (exact) mass is 315 g/mol. The Bertz CT molecular complexity index is 688. The van der Waals surface area contributed by atoms with Gasteiger partial charge in [0, 0.05) is 18.6 Å². The number of hydrogen-bond donors (Lipinski definition) is 3. The first kappa shape index (κ1) is 15.8. The van der Waals surface area contributed by atoms with Crippen LogP contribution in [-0.2, 0) is 4.79 Å². The maximum absolute atomic E-state index is 12.0. The Morgan fingerprint density at radius 2 is 1.96 bits per heavy atom. The highest BCUT2D eigenvalue weighted by atomic mass is 16.5. The predicted molar refractivity (Wildman–Crippen MR) is 87.2 cm³/mol. The molecule has 1 fully saturated rings. The van der Waals surface area contributed by atoms with Crippen molar-refractivity contribution >= 4 is 16.7 Å². The number of ether oxygens (including phenoxy) is 1. The summed E-state index contributed by atoms with van der Waals surface area (Å²) in [7, 11) is 0. The summed E-state index contributed by atoms with van der Waals surface area (Å²) in [5.74, 6) is 0.286. The van der Waals surface area contributed by atoms with E-state index in [-0.39, 0.29) is 31.1 Å². The molecule has 0 bridgehead atoms. The topological polar surface area (TPSA) is 78.8 Å². The van der Waals surface area contributed by atoms with Gasteiger partial charge in [-0.2, -0.15) is 0 Å². The van der Waals surface area contributed by atoms with Gasteiger partial charge in [-0.15, -0.1) is 0 Å². The second-order valence-corrected chi connectivity index (χ2v) is 6.04. The first-order valence-electron chi connectivity index (χ1n) is 7.85. The van der Waals surface area contributed by atoms with Crippen LogP contribution in [0.5, 0.6) is 5.75 Å². The van der Waals surface area contributed by atoms with Crippen molar-refractivity contribution in [1.29, 1.82) is 0 Å². The fourth-order valence-electron chi connectivity index (χ4n) is 3.09. The lowest BCUT2D eigenvalue weighted by molar-refractivity contribution is -0.123. The molecule has 5 nitrogen and oxygen atoms in total. The molecule has 0 saturated heterocycles. The molecule has 23 heavy (non-hydrogen) atoms. The molecular formula is C18H21NO4. The minimum Gasteiger partial charge on any atom is -0.484 e. The molecule has 1 amide bonds. The number of carbonyl (C=O) groups is 1. The molecule has 0 spiro atoms. The normalized spacial score (nSPS) is 23.8. The highest BCUT2D eigenvalue weighted by Crippen LogP contribution is 2.25. The first-order valence-corrected chi connectivity index (χ1v) is 7.85. The van der Waals surface area contributed by atoms with Crippen molar-refractivity contribution in [3.63, 3.8) is 0 Å². The molecule has 1 aliphatic carbocycles. The average Bonchev–Trinajstić information content (AvgIpc) is 2.92. The van der Waals surface area contributed by atoms with Gasteiger partial charge in [0.15, 0.2) is 6.61 Å². The smallest absolute Gasteiger partial charge is 0.258 e. The molecule has 1 aliphatic rings. The van der Waals surface area contributed by atoms with Crippen molar-refractivity contribution in [1.82, 2.24) is 5.32 Å². The van der Waals surface area contributed by atoms with Crippen LogP contribution in [0.25, 0.3) is 10.8 Å². The van der Waals surface area contributed by atoms with Gasteiger partial charge in [0.25, 0.3) is 5.91 Å². The van der Waals surface area contributed by atoms with Crippen molar-refractivity contribution in [3.05, 3.63) is 42.5 Å². The van der Waals surface area contributed by atoms with Crippen LogP contribution >= 0.6 is 0 Å². The Morgan fingerprint density at radius 1 is 1.17 bits per heavy atom. The van der Waals surface area contributed by atoms with Gasteiger partial charge in [-0.1, -0.05) is 30.3 Å². The summed E-state index contributed by atoms with van der Waals surface area (Å²) in [4.78, 5) is 12.0. The highest BCUT2D eigenvalue weighted by molar-refractivity contribution is 5.84. The SMILES string of the molecule is O=C(COc1ccc2ccccc2c1)N[C@H]1C[C@H](CO)[C@@H](O)C1. The molecule has 1 saturated carbocycles. The molecule has 0 aliphatic heterocycles. The Hall–Kier alpha value is -2.11. The molecular weight excluding hydrogens is 294 g/mol. The quantitative estimate of drug-likeness (QED) is 0.781. The van der Waals surface area contributed by atoms with Gasteiger partial charge in [-0.3, -0.25) is 4.79 Å². The molecule has 3 atom stereocenters. The van der Waals surface area contributed by atoms with Gasteiger partial charge in [0.1, 0.15) is 5.75 Å². The van der Waals surface area contributed by atoms with E-state index in [0.29, 0.717) is 18.6 Å². The second-order valence-electron chi connectivity index (χ2n) is 6.04. The van der Waals surface area contributed by atoms with E-state index in [1.165, 1.54) is 0 Å². The fourth-order valence-corrected chi connectivity index (χ4v) is 3.09. The molecule has 2 aromatic rings. The lowest BCUT2D eigenvalue weighted by atomic mass is 10.1. The van der Waals surface area contributed by atoms with Crippen molar-refractivity contribution in [3.8, 4) is 5.75 Å². The number of hydrogen-bond acceptors (Lipinski definition) is 4. The van der Waals surface area contributed by atoms with Crippen molar-refractivity contribution < 1.29 is 19.7 Å². The molecule has 3 N–H and O–H groups in total. The third-order valence-corrected chi connectivity index (χ3v) is 4.35. The number of rotatable bonds is 5. The Labute approximate surface area is 134 Å². The first-order chi connectivity index (χ1) is 11.2. The molecule has 0 unspecified atom stereocenters. The standard InChI is InChI=1S/C18H21NO4/c20-10-14-7-15(9-17(14)21)19-18(22)11-23-16-6-5-12-3-1-2-4-13(12)8-16/h1-6,8,14-15,17,20-21H,7,9-11H2,(H,19,22)/t14-,15+,17+/m1/s1. The highest BCUT2D eigenvalue weighted by Gasteiger charge is 2.33. The van der Waals surface area contributed by atoms with Crippen LogP contribution in [0.1, 0.15) is 12.8 Å². The van der Waals surface area contributed by atoms with E-state index in [9.17, 15) is 9.90 Å². The van der Waals surface area contributed by atoms with Gasteiger partial charge in [-0.05, 0) is 35.7 Å². The van der Waals surface area contributed by atoms with Crippen molar-refractivity contribution in [2.24, 2.45) is 5.92 Å². The van der Waals surface area contributed by atoms with Crippen molar-refractivity contribution in [2.75, 3.05) is 13.2 Å². The predicted octanol–water partition coefficient (Wildman–Crippen LogP) is 1.47. The summed E-state index contributed by atoms with van der Waals surface area (Å²) in [6.45, 7) is -0.115. The average molecular weight is 315 g/mol. The van der Waals surface area contributed by atoms with Crippen molar-refractivity contribution in [2.45, 2.75) is 25.0 Å². The van der Waals surface area contributed by atoms with Gasteiger partial charge < -0.3 is 20.3 Å². The van der Waals surface area contributed by atoms with E-state index in [0.717, 1.165) is 10.8 Å². The molecule has 2 aromatic carbocycles. The van der Waals surface area contributed by atoms with Crippen LogP contribution in [0.4, 0.5) is 0 Å². The van der Waals surface area contributed by atoms with E-state index in [2.05, 4.69) is 5.32 Å². The minimum atomic E-state index is -0.549. The zero-order valence-electron chi connectivity index (χ0n) is 12.8. The van der Waals surface area contributed by atoms with Gasteiger partial charge in [-0.25, -0.2) is 0 Å². The zero-order chi connectivity index (χ0) is 16.2. The van der Waals surface area contributed by atoms with E-state index in [1.54, 1.807) is 0 Å². The minimum absolute atomic E-state index is 0.0544. The second kappa shape index (κ2) is 6.98. The molecule has 5 heteroatoms. The number of carbonyl (C=O) groups excluding carboxylic acids is 1. The van der Waals surface area contributed by atoms with Gasteiger partial charge >= 0.3 is 0 Å². The molecule has 3 rings (SSSR count). The molecule has 122 valence electrons. The van der Waals surface area contributed by atoms with E-state index in [1.807, 2.05) is 42.5 Å². The summed E-state index contributed by atoms with van der Waals surface area (Å²) in [5.41, 5.74) is 0. The number of benzene rings is 2. The van der Waals surface area contributed by atoms with Gasteiger partial charge in [0.05, 0.1) is 6.10 Å². The zero-order valence-corrected chi connectivity index (χ0v) is 12.8. The number of aliphatic hydroxyl groups excluding tert-OH is 2. The summed E-state index contributed by atoms with van der Waals surface area (Å²) >= 11 is 0. The Kier molecular flexibility index (Phi) is 4.79. The maximum atomic E-state index is 12.0. The lowest BCUT2D eigenvalue weighted by Gasteiger charge is -2.13. The summed E-state index contributed by atoms with van der Waals surface area (Å²) in [6, 6.07) is 13.6. The third-order valence-electron chi connectivity index (χ3n) is 4.35. The number of amides is 1. The van der Waals surface area contributed by atoms with Crippen LogP contribution in [0.15, 0.2) is 42.5 Å². The molecule has 0 aromatic heterocycles. The Balaban J connectivity index is 1.52.